The highest BCUT2D eigenvalue weighted by atomic mass is 16.5. The molecule has 5 heterocycles. The molecule has 0 bridgehead atoms. The first-order valence-electron chi connectivity index (χ1n) is 30.9. The van der Waals surface area contributed by atoms with Crippen LogP contribution in [0.3, 0.4) is 0 Å². The normalized spacial score (nSPS) is 25.8. The second-order valence-electron chi connectivity index (χ2n) is 28.9. The minimum absolute atomic E-state index is 0.00347. The number of amides is 5. The van der Waals surface area contributed by atoms with E-state index in [-0.39, 0.29) is 105 Å². The van der Waals surface area contributed by atoms with Gasteiger partial charge in [-0.1, -0.05) is 96.9 Å². The molecule has 0 aromatic carbocycles. The van der Waals surface area contributed by atoms with Gasteiger partial charge in [0.25, 0.3) is 0 Å². The molecule has 5 fully saturated rings. The fourth-order valence-corrected chi connectivity index (χ4v) is 11.4. The smallest absolute Gasteiger partial charge is 0.325 e. The highest BCUT2D eigenvalue weighted by molar-refractivity contribution is 5.86. The zero-order valence-electron chi connectivity index (χ0n) is 55.6. The Balaban J connectivity index is 0.000000501. The van der Waals surface area contributed by atoms with E-state index in [2.05, 4.69) is 144 Å². The van der Waals surface area contributed by atoms with E-state index in [4.69, 9.17) is 4.74 Å². The molecule has 5 rings (SSSR count). The number of carbonyl (C=O) groups excluding carboxylic acids is 6. The van der Waals surface area contributed by atoms with Crippen LogP contribution >= 0.6 is 0 Å². The number of nitrogens with zero attached hydrogens (tertiary/aromatic N) is 5. The van der Waals surface area contributed by atoms with Crippen molar-refractivity contribution >= 4 is 35.5 Å². The SMILES string of the molecule is CCCN1CCC(C)(C)CC(NC)C1=O.CCCN1CCC(C)(C)CC(NC)C1=O.CCOC(=O)CN1CCC(C)(C)CC(NC)C1=O.CNC1CC(C)(C)CCN(C(C)(C)C)C1=O.CNC1CC(C)(C)CCN(CC(C)C)C1=O. The summed E-state index contributed by atoms with van der Waals surface area (Å²) >= 11 is 0. The molecule has 5 aliphatic rings. The Bertz CT molecular complexity index is 1850. The highest BCUT2D eigenvalue weighted by Crippen LogP contribution is 2.35. The Morgan fingerprint density at radius 1 is 0.475 bits per heavy atom. The van der Waals surface area contributed by atoms with Crippen LogP contribution in [0.1, 0.15) is 202 Å². The first kappa shape index (κ1) is 74.6. The third-order valence-corrected chi connectivity index (χ3v) is 16.8. The third-order valence-electron chi connectivity index (χ3n) is 16.8. The number of likely N-dealkylation sites (tertiary alicyclic amines) is 5. The van der Waals surface area contributed by atoms with Crippen LogP contribution in [-0.2, 0) is 33.5 Å². The van der Waals surface area contributed by atoms with E-state index < -0.39 is 0 Å². The predicted octanol–water partition coefficient (Wildman–Crippen LogP) is 7.95. The molecule has 0 saturated carbocycles. The van der Waals surface area contributed by atoms with Crippen LogP contribution in [0.2, 0.25) is 0 Å². The number of carbonyl (C=O) groups is 6. The molecule has 0 spiro atoms. The van der Waals surface area contributed by atoms with E-state index in [9.17, 15) is 28.8 Å². The number of ether oxygens (including phenoxy) is 1. The molecular formula is C63H124N10O7. The summed E-state index contributed by atoms with van der Waals surface area (Å²) in [6.45, 7) is 46.3. The van der Waals surface area contributed by atoms with Crippen molar-refractivity contribution in [3.05, 3.63) is 0 Å². The standard InChI is InChI=1S/C13H24N2O3.2C13H26N2O.2C12H24N2O/c1-5-18-11(16)9-15-7-6-13(2,3)8-10(14-4)12(15)17;1-12(2,3)15-8-7-13(4,5)9-10(14-6)11(15)16;1-10(2)9-15-7-6-13(3,4)8-11(14-5)12(15)16;2*1-5-7-14-8-6-12(2,3)9-10(13-4)11(14)15/h10,14H,5-9H2,1-4H3;10,14H,7-9H2,1-6H3;10-11,14H,6-9H2,1-5H3;2*10,13H,5-9H2,1-4H3. The summed E-state index contributed by atoms with van der Waals surface area (Å²) in [5.41, 5.74) is 1.06. The van der Waals surface area contributed by atoms with Crippen molar-refractivity contribution in [2.75, 3.05) is 101 Å². The topological polar surface area (TPSA) is 188 Å². The van der Waals surface area contributed by atoms with Crippen LogP contribution in [0, 0.1) is 33.0 Å². The van der Waals surface area contributed by atoms with Crippen molar-refractivity contribution < 1.29 is 33.5 Å². The molecule has 5 unspecified atom stereocenters. The molecule has 5 atom stereocenters. The van der Waals surface area contributed by atoms with Crippen LogP contribution in [0.25, 0.3) is 0 Å². The summed E-state index contributed by atoms with van der Waals surface area (Å²) in [4.78, 5) is 82.3. The molecule has 0 radical (unpaired) electrons. The summed E-state index contributed by atoms with van der Waals surface area (Å²) in [6, 6.07) is -0.229. The molecule has 0 aromatic heterocycles. The third kappa shape index (κ3) is 26.0. The van der Waals surface area contributed by atoms with Gasteiger partial charge in [0.05, 0.1) is 36.8 Å². The van der Waals surface area contributed by atoms with Crippen molar-refractivity contribution in [1.82, 2.24) is 51.1 Å². The molecule has 5 aliphatic heterocycles. The zero-order chi connectivity index (χ0) is 61.6. The van der Waals surface area contributed by atoms with Crippen molar-refractivity contribution in [1.29, 1.82) is 0 Å². The summed E-state index contributed by atoms with van der Waals surface area (Å²) in [7, 11) is 9.32. The summed E-state index contributed by atoms with van der Waals surface area (Å²) in [5, 5.41) is 15.7. The Morgan fingerprint density at radius 3 is 1.04 bits per heavy atom. The van der Waals surface area contributed by atoms with Gasteiger partial charge in [-0.3, -0.25) is 28.8 Å². The largest absolute Gasteiger partial charge is 0.465 e. The zero-order valence-corrected chi connectivity index (χ0v) is 55.6. The minimum Gasteiger partial charge on any atom is -0.465 e. The molecule has 5 saturated heterocycles. The van der Waals surface area contributed by atoms with Gasteiger partial charge < -0.3 is 55.8 Å². The number of hydrogen-bond donors (Lipinski definition) is 5. The Hall–Kier alpha value is -3.38. The van der Waals surface area contributed by atoms with Gasteiger partial charge in [0.1, 0.15) is 6.54 Å². The second kappa shape index (κ2) is 33.8. The molecule has 5 amide bonds. The fourth-order valence-electron chi connectivity index (χ4n) is 11.4. The van der Waals surface area contributed by atoms with Gasteiger partial charge in [0.2, 0.25) is 29.5 Å². The first-order valence-corrected chi connectivity index (χ1v) is 30.9. The predicted molar refractivity (Wildman–Crippen MR) is 329 cm³/mol. The molecule has 0 aliphatic carbocycles. The van der Waals surface area contributed by atoms with Gasteiger partial charge >= 0.3 is 5.97 Å². The van der Waals surface area contributed by atoms with Crippen LogP contribution in [0.5, 0.6) is 0 Å². The average Bonchev–Trinajstić information content (AvgIpc) is 3.72. The van der Waals surface area contributed by atoms with Gasteiger partial charge in [-0.05, 0) is 173 Å². The van der Waals surface area contributed by atoms with Crippen molar-refractivity contribution in [2.24, 2.45) is 33.0 Å². The van der Waals surface area contributed by atoms with Crippen LogP contribution < -0.4 is 26.6 Å². The summed E-state index contributed by atoms with van der Waals surface area (Å²) < 4.78 is 4.90. The lowest BCUT2D eigenvalue weighted by molar-refractivity contribution is -0.149. The van der Waals surface area contributed by atoms with Crippen LogP contribution in [0.15, 0.2) is 0 Å². The quantitative estimate of drug-likeness (QED) is 0.106. The first-order chi connectivity index (χ1) is 36.9. The van der Waals surface area contributed by atoms with Crippen molar-refractivity contribution in [3.63, 3.8) is 0 Å². The van der Waals surface area contributed by atoms with E-state index in [1.165, 1.54) is 0 Å². The van der Waals surface area contributed by atoms with E-state index in [0.29, 0.717) is 19.1 Å². The molecule has 5 N–H and O–H groups in total. The monoisotopic (exact) mass is 1130 g/mol. The maximum atomic E-state index is 12.4. The number of nitrogens with one attached hydrogen (secondary N) is 5. The van der Waals surface area contributed by atoms with E-state index >= 15 is 0 Å². The highest BCUT2D eigenvalue weighted by Gasteiger charge is 2.40. The molecule has 17 nitrogen and oxygen atoms in total. The lowest BCUT2D eigenvalue weighted by Gasteiger charge is -2.36. The van der Waals surface area contributed by atoms with Gasteiger partial charge in [-0.25, -0.2) is 0 Å². The second-order valence-corrected chi connectivity index (χ2v) is 28.9. The van der Waals surface area contributed by atoms with Crippen LogP contribution in [0.4, 0.5) is 0 Å². The maximum absolute atomic E-state index is 12.4. The lowest BCUT2D eigenvalue weighted by atomic mass is 9.83. The molecule has 0 aromatic rings. The molecular weight excluding hydrogens is 1010 g/mol. The minimum atomic E-state index is -0.333. The summed E-state index contributed by atoms with van der Waals surface area (Å²) in [6.07, 6.45) is 11.9. The van der Waals surface area contributed by atoms with Crippen molar-refractivity contribution in [2.45, 2.75) is 237 Å². The van der Waals surface area contributed by atoms with Gasteiger partial charge in [-0.2, -0.15) is 0 Å². The number of rotatable bonds is 14. The number of hydrogen-bond acceptors (Lipinski definition) is 12. The number of likely N-dealkylation sites (N-methyl/N-ethyl adjacent to an activating group) is 5. The molecule has 80 heavy (non-hydrogen) atoms. The van der Waals surface area contributed by atoms with Gasteiger partial charge in [-0.15, -0.1) is 0 Å². The van der Waals surface area contributed by atoms with Crippen LogP contribution in [-0.4, -0.2) is 197 Å². The molecule has 17 heteroatoms. The Morgan fingerprint density at radius 2 is 0.750 bits per heavy atom. The fraction of sp³-hybridized carbons (Fsp3) is 0.905. The summed E-state index contributed by atoms with van der Waals surface area (Å²) in [5.74, 6) is 1.30. The van der Waals surface area contributed by atoms with E-state index in [1.807, 2.05) is 47.8 Å². The lowest BCUT2D eigenvalue weighted by Crippen LogP contribution is -2.52. The Kier molecular flexibility index (Phi) is 31.5. The van der Waals surface area contributed by atoms with E-state index in [1.54, 1.807) is 18.9 Å². The van der Waals surface area contributed by atoms with Gasteiger partial charge in [0.15, 0.2) is 0 Å². The Labute approximate surface area is 489 Å². The van der Waals surface area contributed by atoms with E-state index in [0.717, 1.165) is 123 Å². The maximum Gasteiger partial charge on any atom is 0.325 e. The van der Waals surface area contributed by atoms with Gasteiger partial charge in [0, 0.05) is 57.9 Å². The van der Waals surface area contributed by atoms with Crippen molar-refractivity contribution in [3.8, 4) is 0 Å². The number of esters is 1. The average molecular weight is 1130 g/mol. The molecule has 468 valence electrons.